The van der Waals surface area contributed by atoms with Crippen LogP contribution in [0.1, 0.15) is 25.7 Å². The van der Waals surface area contributed by atoms with Crippen LogP contribution in [0.4, 0.5) is 0 Å². The molecule has 102 valence electrons. The van der Waals surface area contributed by atoms with E-state index < -0.39 is 11.4 Å². The molecule has 0 spiro atoms. The van der Waals surface area contributed by atoms with Crippen LogP contribution in [0.15, 0.2) is 0 Å². The molecule has 2 aliphatic rings. The van der Waals surface area contributed by atoms with Crippen LogP contribution in [0.2, 0.25) is 0 Å². The maximum atomic E-state index is 11.9. The highest BCUT2D eigenvalue weighted by molar-refractivity contribution is 5.83. The average Bonchev–Trinajstić information content (AvgIpc) is 2.91. The predicted molar refractivity (Wildman–Crippen MR) is 64.2 cm³/mol. The molecule has 2 aliphatic heterocycles. The molecule has 0 aliphatic carbocycles. The van der Waals surface area contributed by atoms with Gasteiger partial charge < -0.3 is 20.5 Å². The first-order valence-electron chi connectivity index (χ1n) is 6.46. The Morgan fingerprint density at radius 3 is 2.67 bits per heavy atom. The predicted octanol–water partition coefficient (Wildman–Crippen LogP) is -0.264. The number of amides is 1. The van der Waals surface area contributed by atoms with Gasteiger partial charge >= 0.3 is 5.97 Å². The minimum Gasteiger partial charge on any atom is -0.481 e. The number of rotatable bonds is 4. The van der Waals surface area contributed by atoms with Crippen molar-refractivity contribution in [3.63, 3.8) is 0 Å². The zero-order chi connectivity index (χ0) is 13.0. The van der Waals surface area contributed by atoms with Crippen LogP contribution in [-0.4, -0.2) is 49.3 Å². The lowest BCUT2D eigenvalue weighted by Crippen LogP contribution is -2.50. The number of hydrogen-bond donors (Lipinski definition) is 3. The second-order valence-corrected chi connectivity index (χ2v) is 5.06. The van der Waals surface area contributed by atoms with Crippen molar-refractivity contribution in [3.05, 3.63) is 0 Å². The van der Waals surface area contributed by atoms with E-state index in [2.05, 4.69) is 10.6 Å². The zero-order valence-electron chi connectivity index (χ0n) is 10.4. The van der Waals surface area contributed by atoms with E-state index >= 15 is 0 Å². The van der Waals surface area contributed by atoms with Crippen LogP contribution >= 0.6 is 0 Å². The van der Waals surface area contributed by atoms with E-state index in [0.717, 1.165) is 19.4 Å². The monoisotopic (exact) mass is 256 g/mol. The Morgan fingerprint density at radius 1 is 1.39 bits per heavy atom. The number of hydrogen-bond acceptors (Lipinski definition) is 4. The molecule has 0 aromatic rings. The molecular formula is C12H20N2O4. The van der Waals surface area contributed by atoms with Crippen molar-refractivity contribution >= 4 is 11.9 Å². The molecule has 0 bridgehead atoms. The normalized spacial score (nSPS) is 26.8. The third-order valence-corrected chi connectivity index (χ3v) is 3.88. The van der Waals surface area contributed by atoms with Crippen LogP contribution in [-0.2, 0) is 14.3 Å². The van der Waals surface area contributed by atoms with Gasteiger partial charge in [-0.2, -0.15) is 0 Å². The van der Waals surface area contributed by atoms with E-state index in [0.29, 0.717) is 26.1 Å². The van der Waals surface area contributed by atoms with Crippen molar-refractivity contribution in [3.8, 4) is 0 Å². The second kappa shape index (κ2) is 5.67. The average molecular weight is 256 g/mol. The Bertz CT molecular complexity index is 320. The third-order valence-electron chi connectivity index (χ3n) is 3.88. The summed E-state index contributed by atoms with van der Waals surface area (Å²) in [6.07, 6.45) is 2.74. The number of aliphatic carboxylic acids is 1. The van der Waals surface area contributed by atoms with Crippen LogP contribution in [0, 0.1) is 5.41 Å². The van der Waals surface area contributed by atoms with Crippen LogP contribution in [0.5, 0.6) is 0 Å². The molecule has 0 unspecified atom stereocenters. The molecule has 6 nitrogen and oxygen atoms in total. The lowest BCUT2D eigenvalue weighted by Gasteiger charge is -2.33. The van der Waals surface area contributed by atoms with Gasteiger partial charge in [0.1, 0.15) is 0 Å². The molecule has 2 heterocycles. The van der Waals surface area contributed by atoms with Gasteiger partial charge in [0.25, 0.3) is 0 Å². The van der Waals surface area contributed by atoms with E-state index in [1.807, 2.05) is 0 Å². The van der Waals surface area contributed by atoms with E-state index in [-0.39, 0.29) is 18.5 Å². The van der Waals surface area contributed by atoms with Gasteiger partial charge in [-0.15, -0.1) is 0 Å². The van der Waals surface area contributed by atoms with E-state index in [4.69, 9.17) is 4.74 Å². The second-order valence-electron chi connectivity index (χ2n) is 5.06. The maximum Gasteiger partial charge on any atom is 0.311 e. The summed E-state index contributed by atoms with van der Waals surface area (Å²) in [7, 11) is 0. The summed E-state index contributed by atoms with van der Waals surface area (Å²) in [5.74, 6) is -0.926. The molecule has 6 heteroatoms. The van der Waals surface area contributed by atoms with Gasteiger partial charge in [0.2, 0.25) is 5.91 Å². The Morgan fingerprint density at radius 2 is 2.11 bits per heavy atom. The zero-order valence-corrected chi connectivity index (χ0v) is 10.4. The van der Waals surface area contributed by atoms with Crippen LogP contribution in [0.25, 0.3) is 0 Å². The van der Waals surface area contributed by atoms with E-state index in [1.54, 1.807) is 0 Å². The summed E-state index contributed by atoms with van der Waals surface area (Å²) in [5, 5.41) is 15.2. The highest BCUT2D eigenvalue weighted by Gasteiger charge is 2.40. The Balaban J connectivity index is 1.89. The Kier molecular flexibility index (Phi) is 4.19. The molecule has 0 saturated carbocycles. The number of carboxylic acids is 1. The van der Waals surface area contributed by atoms with Crippen molar-refractivity contribution in [1.29, 1.82) is 0 Å². The Labute approximate surface area is 106 Å². The minimum atomic E-state index is -0.855. The molecule has 2 rings (SSSR count). The first kappa shape index (κ1) is 13.3. The maximum absolute atomic E-state index is 11.9. The highest BCUT2D eigenvalue weighted by atomic mass is 16.5. The van der Waals surface area contributed by atoms with E-state index in [1.165, 1.54) is 0 Å². The standard InChI is InChI=1S/C12H20N2O4/c15-10(9-2-1-5-13-9)14-8-12(11(16)17)3-6-18-7-4-12/h9,13H,1-8H2,(H,14,15)(H,16,17)/t9-/m0/s1. The van der Waals surface area contributed by atoms with Gasteiger partial charge in [-0.05, 0) is 32.2 Å². The quantitative estimate of drug-likeness (QED) is 0.645. The molecular weight excluding hydrogens is 236 g/mol. The summed E-state index contributed by atoms with van der Waals surface area (Å²) < 4.78 is 5.19. The third kappa shape index (κ3) is 2.81. The topological polar surface area (TPSA) is 87.7 Å². The van der Waals surface area contributed by atoms with Crippen molar-refractivity contribution in [1.82, 2.24) is 10.6 Å². The molecule has 0 aromatic carbocycles. The fourth-order valence-corrected chi connectivity index (χ4v) is 2.52. The van der Waals surface area contributed by atoms with Gasteiger partial charge in [0, 0.05) is 19.8 Å². The van der Waals surface area contributed by atoms with Gasteiger partial charge in [0.05, 0.1) is 11.5 Å². The largest absolute Gasteiger partial charge is 0.481 e. The lowest BCUT2D eigenvalue weighted by molar-refractivity contribution is -0.154. The first-order valence-corrected chi connectivity index (χ1v) is 6.46. The van der Waals surface area contributed by atoms with Crippen molar-refractivity contribution < 1.29 is 19.4 Å². The summed E-state index contributed by atoms with van der Waals surface area (Å²) in [4.78, 5) is 23.2. The van der Waals surface area contributed by atoms with Crippen LogP contribution in [0.3, 0.4) is 0 Å². The Hall–Kier alpha value is -1.14. The fourth-order valence-electron chi connectivity index (χ4n) is 2.52. The fraction of sp³-hybridized carbons (Fsp3) is 0.833. The number of carbonyl (C=O) groups is 2. The van der Waals surface area contributed by atoms with Crippen molar-refractivity contribution in [2.24, 2.45) is 5.41 Å². The number of carboxylic acid groups (broad SMARTS) is 1. The lowest BCUT2D eigenvalue weighted by atomic mass is 9.80. The van der Waals surface area contributed by atoms with E-state index in [9.17, 15) is 14.7 Å². The molecule has 0 radical (unpaired) electrons. The molecule has 2 saturated heterocycles. The summed E-state index contributed by atoms with van der Waals surface area (Å²) >= 11 is 0. The number of carbonyl (C=O) groups excluding carboxylic acids is 1. The SMILES string of the molecule is O=C(NCC1(C(=O)O)CCOCC1)[C@@H]1CCCN1. The molecule has 3 N–H and O–H groups in total. The smallest absolute Gasteiger partial charge is 0.311 e. The summed E-state index contributed by atoms with van der Waals surface area (Å²) in [5.41, 5.74) is -0.855. The van der Waals surface area contributed by atoms with Crippen molar-refractivity contribution in [2.75, 3.05) is 26.3 Å². The highest BCUT2D eigenvalue weighted by Crippen LogP contribution is 2.30. The van der Waals surface area contributed by atoms with Gasteiger partial charge in [-0.3, -0.25) is 9.59 Å². The van der Waals surface area contributed by atoms with Gasteiger partial charge in [0.15, 0.2) is 0 Å². The number of nitrogens with one attached hydrogen (secondary N) is 2. The van der Waals surface area contributed by atoms with Crippen molar-refractivity contribution in [2.45, 2.75) is 31.7 Å². The molecule has 1 atom stereocenters. The summed E-state index contributed by atoms with van der Waals surface area (Å²) in [6.45, 7) is 1.95. The summed E-state index contributed by atoms with van der Waals surface area (Å²) in [6, 6.07) is -0.157. The van der Waals surface area contributed by atoms with Crippen LogP contribution < -0.4 is 10.6 Å². The molecule has 0 aromatic heterocycles. The molecule has 1 amide bonds. The first-order chi connectivity index (χ1) is 8.64. The molecule has 18 heavy (non-hydrogen) atoms. The number of ether oxygens (including phenoxy) is 1. The minimum absolute atomic E-state index is 0.0837. The van der Waals surface area contributed by atoms with Gasteiger partial charge in [-0.25, -0.2) is 0 Å². The molecule has 2 fully saturated rings. The van der Waals surface area contributed by atoms with Gasteiger partial charge in [-0.1, -0.05) is 0 Å².